The Hall–Kier alpha value is -1.17. The number of nitrogens with zero attached hydrogens (tertiary/aromatic N) is 3. The van der Waals surface area contributed by atoms with Crippen molar-refractivity contribution in [2.75, 3.05) is 18.5 Å². The van der Waals surface area contributed by atoms with Gasteiger partial charge < -0.3 is 10.0 Å². The summed E-state index contributed by atoms with van der Waals surface area (Å²) in [5.41, 5.74) is 3.46. The number of aromatic nitrogens is 2. The standard InChI is InChI=1S/C19H22N3O2.Y/c1-12-10-14-17(18-13(12)6-5-9-21(18)2)20-11-22(19(14)24)15-7-3-4-8-16(15)23;/h5-6,10-11,15-16,23H,1,3-4,7-9H2,2H3;/q-1;. The molecule has 2 unspecified atom stereocenters. The van der Waals surface area contributed by atoms with Crippen molar-refractivity contribution in [3.05, 3.63) is 46.9 Å². The van der Waals surface area contributed by atoms with Crippen molar-refractivity contribution in [2.24, 2.45) is 0 Å². The first kappa shape index (κ1) is 18.6. The molecule has 1 N–H and O–H groups in total. The van der Waals surface area contributed by atoms with Crippen molar-refractivity contribution in [3.8, 4) is 0 Å². The summed E-state index contributed by atoms with van der Waals surface area (Å²) in [5, 5.41) is 10.9. The first-order valence-electron chi connectivity index (χ1n) is 8.53. The number of fused-ring (bicyclic) bond motifs is 3. The monoisotopic (exact) mass is 413 g/mol. The molecule has 1 radical (unpaired) electrons. The van der Waals surface area contributed by atoms with Gasteiger partial charge in [0.05, 0.1) is 24.0 Å². The van der Waals surface area contributed by atoms with E-state index in [1.54, 1.807) is 10.9 Å². The largest absolute Gasteiger partial charge is 0.391 e. The molecule has 1 fully saturated rings. The van der Waals surface area contributed by atoms with E-state index in [0.717, 1.165) is 54.6 Å². The molecule has 1 aromatic carbocycles. The van der Waals surface area contributed by atoms with Gasteiger partial charge in [-0.1, -0.05) is 18.9 Å². The number of aliphatic hydroxyl groups is 1. The Balaban J connectivity index is 0.00000182. The SMILES string of the molecule is [CH2-]c1cc2c(=O)n(C3CCCCC3O)cnc2c2c1C=CCN2C.[Y]. The van der Waals surface area contributed by atoms with E-state index in [4.69, 9.17) is 0 Å². The van der Waals surface area contributed by atoms with Crippen molar-refractivity contribution in [1.29, 1.82) is 0 Å². The van der Waals surface area contributed by atoms with Gasteiger partial charge in [0.15, 0.2) is 0 Å². The zero-order valence-electron chi connectivity index (χ0n) is 14.5. The van der Waals surface area contributed by atoms with Crippen LogP contribution < -0.4 is 10.5 Å². The number of rotatable bonds is 1. The zero-order chi connectivity index (χ0) is 16.8. The maximum absolute atomic E-state index is 13.1. The van der Waals surface area contributed by atoms with E-state index >= 15 is 0 Å². The maximum Gasteiger partial charge on any atom is 0.249 e. The molecule has 1 saturated carbocycles. The number of anilines is 1. The van der Waals surface area contributed by atoms with Gasteiger partial charge in [0.1, 0.15) is 0 Å². The van der Waals surface area contributed by atoms with E-state index in [1.807, 2.05) is 13.1 Å². The van der Waals surface area contributed by atoms with Gasteiger partial charge in [0.25, 0.3) is 0 Å². The van der Waals surface area contributed by atoms with Gasteiger partial charge in [-0.3, -0.25) is 9.36 Å². The number of hydrogen-bond donors (Lipinski definition) is 1. The van der Waals surface area contributed by atoms with Gasteiger partial charge in [-0.25, -0.2) is 4.98 Å². The number of aliphatic hydroxyl groups excluding tert-OH is 1. The summed E-state index contributed by atoms with van der Waals surface area (Å²) in [6.45, 7) is 4.90. The Morgan fingerprint density at radius 1 is 1.32 bits per heavy atom. The molecule has 0 bridgehead atoms. The van der Waals surface area contributed by atoms with Crippen LogP contribution in [0.25, 0.3) is 17.0 Å². The van der Waals surface area contributed by atoms with Crippen LogP contribution in [0.5, 0.6) is 0 Å². The average Bonchev–Trinajstić information content (AvgIpc) is 2.57. The van der Waals surface area contributed by atoms with Crippen LogP contribution in [0.15, 0.2) is 23.3 Å². The quantitative estimate of drug-likeness (QED) is 0.731. The van der Waals surface area contributed by atoms with Crippen LogP contribution in [0.2, 0.25) is 0 Å². The topological polar surface area (TPSA) is 58.4 Å². The first-order valence-corrected chi connectivity index (χ1v) is 8.53. The molecule has 2 heterocycles. The first-order chi connectivity index (χ1) is 11.6. The Labute approximate surface area is 172 Å². The Kier molecular flexibility index (Phi) is 5.38. The zero-order valence-corrected chi connectivity index (χ0v) is 17.3. The van der Waals surface area contributed by atoms with E-state index in [1.165, 1.54) is 0 Å². The normalized spacial score (nSPS) is 22.6. The van der Waals surface area contributed by atoms with Crippen LogP contribution in [-0.2, 0) is 32.7 Å². The molecular formula is C19H22N3O2Y-. The number of hydrogen-bond acceptors (Lipinski definition) is 4. The molecule has 25 heavy (non-hydrogen) atoms. The second-order valence-corrected chi connectivity index (χ2v) is 6.85. The Morgan fingerprint density at radius 3 is 2.84 bits per heavy atom. The summed E-state index contributed by atoms with van der Waals surface area (Å²) in [4.78, 5) is 19.8. The molecule has 2 aromatic rings. The third kappa shape index (κ3) is 3.07. The van der Waals surface area contributed by atoms with Crippen LogP contribution >= 0.6 is 0 Å². The number of likely N-dealkylation sites (N-methyl/N-ethyl adjacent to an activating group) is 1. The summed E-state index contributed by atoms with van der Waals surface area (Å²) in [6, 6.07) is 1.66. The molecule has 0 saturated heterocycles. The minimum absolute atomic E-state index is 0. The van der Waals surface area contributed by atoms with E-state index in [2.05, 4.69) is 29.0 Å². The summed E-state index contributed by atoms with van der Waals surface area (Å²) in [7, 11) is 2.00. The van der Waals surface area contributed by atoms with E-state index in [9.17, 15) is 9.90 Å². The fourth-order valence-electron chi connectivity index (χ4n) is 3.98. The van der Waals surface area contributed by atoms with Crippen molar-refractivity contribution >= 4 is 22.7 Å². The fourth-order valence-corrected chi connectivity index (χ4v) is 3.98. The van der Waals surface area contributed by atoms with E-state index in [0.29, 0.717) is 5.39 Å². The fraction of sp³-hybridized carbons (Fsp3) is 0.421. The van der Waals surface area contributed by atoms with Gasteiger partial charge in [0, 0.05) is 57.4 Å². The van der Waals surface area contributed by atoms with E-state index < -0.39 is 6.10 Å². The molecule has 1 aliphatic heterocycles. The molecule has 5 nitrogen and oxygen atoms in total. The van der Waals surface area contributed by atoms with Gasteiger partial charge in [0.2, 0.25) is 5.56 Å². The van der Waals surface area contributed by atoms with Gasteiger partial charge in [-0.15, -0.1) is 17.7 Å². The molecule has 0 spiro atoms. The summed E-state index contributed by atoms with van der Waals surface area (Å²) >= 11 is 0. The van der Waals surface area contributed by atoms with Crippen LogP contribution in [0.1, 0.15) is 42.9 Å². The van der Waals surface area contributed by atoms with Crippen LogP contribution in [0, 0.1) is 6.92 Å². The van der Waals surface area contributed by atoms with Crippen LogP contribution in [-0.4, -0.2) is 34.4 Å². The minimum Gasteiger partial charge on any atom is -0.391 e. The second kappa shape index (κ2) is 7.22. The summed E-state index contributed by atoms with van der Waals surface area (Å²) in [5.74, 6) is 0. The van der Waals surface area contributed by atoms with Crippen molar-refractivity contribution in [1.82, 2.24) is 9.55 Å². The van der Waals surface area contributed by atoms with Crippen LogP contribution in [0.3, 0.4) is 0 Å². The molecule has 1 aromatic heterocycles. The summed E-state index contributed by atoms with van der Waals surface area (Å²) in [6.07, 6.45) is 8.88. The molecule has 1 aliphatic carbocycles. The van der Waals surface area contributed by atoms with E-state index in [-0.39, 0.29) is 44.3 Å². The Morgan fingerprint density at radius 2 is 2.08 bits per heavy atom. The second-order valence-electron chi connectivity index (χ2n) is 6.85. The summed E-state index contributed by atoms with van der Waals surface area (Å²) < 4.78 is 1.62. The molecule has 2 aliphatic rings. The molecule has 6 heteroatoms. The van der Waals surface area contributed by atoms with Crippen molar-refractivity contribution in [2.45, 2.75) is 37.8 Å². The van der Waals surface area contributed by atoms with Gasteiger partial charge >= 0.3 is 0 Å². The minimum atomic E-state index is -0.474. The van der Waals surface area contributed by atoms with Gasteiger partial charge in [-0.2, -0.15) is 12.5 Å². The van der Waals surface area contributed by atoms with Crippen molar-refractivity contribution < 1.29 is 37.8 Å². The third-order valence-electron chi connectivity index (χ3n) is 5.27. The predicted molar refractivity (Wildman–Crippen MR) is 96.3 cm³/mol. The molecular weight excluding hydrogens is 391 g/mol. The molecule has 2 atom stereocenters. The third-order valence-corrected chi connectivity index (χ3v) is 5.27. The van der Waals surface area contributed by atoms with Crippen LogP contribution in [0.4, 0.5) is 5.69 Å². The Bertz CT molecular complexity index is 890. The predicted octanol–water partition coefficient (Wildman–Crippen LogP) is 2.52. The maximum atomic E-state index is 13.1. The molecule has 0 amide bonds. The molecule has 129 valence electrons. The van der Waals surface area contributed by atoms with Crippen molar-refractivity contribution in [3.63, 3.8) is 0 Å². The smallest absolute Gasteiger partial charge is 0.249 e. The average molecular weight is 413 g/mol. The van der Waals surface area contributed by atoms with Gasteiger partial charge in [-0.05, 0) is 12.8 Å². The number of benzene rings is 1. The molecule has 4 rings (SSSR count).